The van der Waals surface area contributed by atoms with Crippen molar-refractivity contribution < 1.29 is 28.6 Å². The summed E-state index contributed by atoms with van der Waals surface area (Å²) in [5.41, 5.74) is 4.99. The molecule has 0 fully saturated rings. The van der Waals surface area contributed by atoms with Crippen molar-refractivity contribution in [1.82, 2.24) is 9.97 Å². The third kappa shape index (κ3) is 5.96. The molecule has 0 N–H and O–H groups in total. The predicted octanol–water partition coefficient (Wildman–Crippen LogP) is 7.85. The van der Waals surface area contributed by atoms with E-state index >= 15 is 0 Å². The van der Waals surface area contributed by atoms with Crippen molar-refractivity contribution in [3.63, 3.8) is 0 Å². The minimum absolute atomic E-state index is 0. The summed E-state index contributed by atoms with van der Waals surface area (Å²) in [6.07, 6.45) is 3.52. The van der Waals surface area contributed by atoms with Crippen LogP contribution in [0.25, 0.3) is 44.5 Å². The van der Waals surface area contributed by atoms with Gasteiger partial charge >= 0.3 is 0 Å². The molecule has 3 aromatic heterocycles. The average Bonchev–Trinajstić information content (AvgIpc) is 3.32. The van der Waals surface area contributed by atoms with Crippen molar-refractivity contribution >= 4 is 35.2 Å². The van der Waals surface area contributed by atoms with Gasteiger partial charge in [0.05, 0.1) is 13.7 Å². The molecule has 0 aliphatic heterocycles. The van der Waals surface area contributed by atoms with Crippen LogP contribution in [0.15, 0.2) is 102 Å². The Morgan fingerprint density at radius 1 is 0.811 bits per heavy atom. The van der Waals surface area contributed by atoms with Gasteiger partial charge in [-0.1, -0.05) is 72.6 Å². The van der Waals surface area contributed by atoms with Crippen LogP contribution in [-0.4, -0.2) is 18.0 Å². The molecule has 6 rings (SSSR count). The molecule has 0 saturated carbocycles. The van der Waals surface area contributed by atoms with Crippen molar-refractivity contribution in [3.8, 4) is 22.5 Å². The van der Waals surface area contributed by atoms with Gasteiger partial charge in [0.1, 0.15) is 5.58 Å². The van der Waals surface area contributed by atoms with Crippen LogP contribution in [-0.2, 0) is 20.1 Å². The molecule has 3 aromatic carbocycles. The van der Waals surface area contributed by atoms with E-state index < -0.39 is 14.9 Å². The number of fused-ring (bicyclic) bond motifs is 3. The smallest absolute Gasteiger partial charge is 0.120 e. The van der Waals surface area contributed by atoms with Crippen LogP contribution in [0.4, 0.5) is 0 Å². The van der Waals surface area contributed by atoms with Crippen molar-refractivity contribution in [2.24, 2.45) is 0 Å². The van der Waals surface area contributed by atoms with Crippen molar-refractivity contribution in [3.05, 3.63) is 115 Å². The molecule has 0 atom stereocenters. The van der Waals surface area contributed by atoms with Crippen LogP contribution >= 0.6 is 0 Å². The van der Waals surface area contributed by atoms with Crippen LogP contribution < -0.4 is 5.19 Å². The number of benzene rings is 3. The van der Waals surface area contributed by atoms with Gasteiger partial charge in [-0.15, -0.1) is 54.1 Å². The van der Waals surface area contributed by atoms with E-state index in [1.165, 1.54) is 17.4 Å². The van der Waals surface area contributed by atoms with Gasteiger partial charge < -0.3 is 14.4 Å². The molecule has 0 aliphatic rings. The number of furan rings is 1. The van der Waals surface area contributed by atoms with Crippen molar-refractivity contribution in [2.45, 2.75) is 26.5 Å². The van der Waals surface area contributed by atoms with E-state index in [0.717, 1.165) is 27.6 Å². The molecule has 0 spiro atoms. The van der Waals surface area contributed by atoms with Crippen molar-refractivity contribution in [2.75, 3.05) is 0 Å². The van der Waals surface area contributed by atoms with Crippen LogP contribution in [0.5, 0.6) is 0 Å². The zero-order chi connectivity index (χ0) is 27.6. The first-order valence-corrected chi connectivity index (χ1v) is 15.3. The van der Waals surface area contributed by atoms with Gasteiger partial charge in [-0.3, -0.25) is 0 Å². The zero-order valence-corrected chi connectivity index (χ0v) is 24.3. The Hall–Kier alpha value is -3.37. The van der Waals surface area contributed by atoms with Gasteiger partial charge in [0.2, 0.25) is 0 Å². The molecule has 0 saturated heterocycles. The first-order chi connectivity index (χ1) is 18.6. The number of aryl methyl sites for hydroxylation is 1. The average molecular weight is 680 g/mol. The number of hydrogen-bond donors (Lipinski definition) is 0. The number of pyridine rings is 2. The molecular formula is C32H28IrN2OSi-2. The van der Waals surface area contributed by atoms with E-state index in [-0.39, 0.29) is 25.7 Å². The number of hydrogen-bond acceptors (Lipinski definition) is 3. The molecule has 187 valence electrons. The molecule has 0 unspecified atom stereocenters. The Morgan fingerprint density at radius 2 is 1.65 bits per heavy atom. The summed E-state index contributed by atoms with van der Waals surface area (Å²) in [4.78, 5) is 8.82. The summed E-state index contributed by atoms with van der Waals surface area (Å²) in [6.45, 7) is 4.83. The maximum atomic E-state index is 7.55. The van der Waals surface area contributed by atoms with Gasteiger partial charge in [-0.25, -0.2) is 0 Å². The van der Waals surface area contributed by atoms with E-state index in [1.54, 1.807) is 6.07 Å². The summed E-state index contributed by atoms with van der Waals surface area (Å²) in [6, 6.07) is 33.2. The molecule has 6 aromatic rings. The summed E-state index contributed by atoms with van der Waals surface area (Å²) in [7, 11) is -1.23. The second kappa shape index (κ2) is 11.3. The first kappa shape index (κ1) is 22.8. The molecule has 37 heavy (non-hydrogen) atoms. The third-order valence-electron chi connectivity index (χ3n) is 5.97. The van der Waals surface area contributed by atoms with E-state index in [9.17, 15) is 0 Å². The number of nitrogens with zero attached hydrogens (tertiary/aromatic N) is 2. The summed E-state index contributed by atoms with van der Waals surface area (Å²) in [5.74, 6) is 0. The fourth-order valence-corrected chi connectivity index (χ4v) is 5.03. The topological polar surface area (TPSA) is 38.9 Å². The third-order valence-corrected chi connectivity index (χ3v) is 8.00. The van der Waals surface area contributed by atoms with Gasteiger partial charge in [-0.2, -0.15) is 0 Å². The molecule has 0 bridgehead atoms. The Bertz CT molecular complexity index is 1730. The molecule has 0 aliphatic carbocycles. The standard InChI is InChI=1S/C18H12NO.C14H16NSi.Ir/c1-12-9-10-19-16(11-12)15-7-4-6-14-13-5-2-3-8-17(13)20-18(14)15;1-16(2,3)13-9-10-14(15-11-13)12-7-5-4-6-8-12;/h2-6,8-11H,1H3;4-7,9-11H,1-3H3;/q2*-1;/i1D3;;. The SMILES string of the molecule is C[Si](C)(C)c1ccc(-c2[c-]cccc2)nc1.[2H]C([2H])([2H])c1ccnc(-c2[c-]ccc3c2oc2ccccc23)c1.[Ir]. The fraction of sp³-hybridized carbons (Fsp3) is 0.125. The van der Waals surface area contributed by atoms with Gasteiger partial charge in [0.25, 0.3) is 0 Å². The summed E-state index contributed by atoms with van der Waals surface area (Å²) < 4.78 is 28.6. The Labute approximate surface area is 237 Å². The van der Waals surface area contributed by atoms with Crippen LogP contribution in [0, 0.1) is 19.0 Å². The molecule has 3 heterocycles. The predicted molar refractivity (Wildman–Crippen MR) is 152 cm³/mol. The largest absolute Gasteiger partial charge is 0.501 e. The quantitative estimate of drug-likeness (QED) is 0.141. The van der Waals surface area contributed by atoms with Gasteiger partial charge in [-0.05, 0) is 35.6 Å². The van der Waals surface area contributed by atoms with Crippen LogP contribution in [0.3, 0.4) is 0 Å². The zero-order valence-electron chi connectivity index (χ0n) is 23.9. The summed E-state index contributed by atoms with van der Waals surface area (Å²) in [5, 5.41) is 3.38. The van der Waals surface area contributed by atoms with E-state index in [0.29, 0.717) is 16.8 Å². The molecule has 0 amide bonds. The Balaban J connectivity index is 0.000000192. The number of para-hydroxylation sites is 1. The summed E-state index contributed by atoms with van der Waals surface area (Å²) >= 11 is 0. The molecule has 1 radical (unpaired) electrons. The monoisotopic (exact) mass is 680 g/mol. The fourth-order valence-electron chi connectivity index (χ4n) is 4.00. The van der Waals surface area contributed by atoms with Gasteiger partial charge in [0, 0.05) is 42.0 Å². The Morgan fingerprint density at radius 3 is 2.38 bits per heavy atom. The minimum atomic E-state index is -2.17. The Kier molecular flexibility index (Phi) is 6.99. The molecule has 3 nitrogen and oxygen atoms in total. The first-order valence-electron chi connectivity index (χ1n) is 13.3. The minimum Gasteiger partial charge on any atom is -0.501 e. The molecule has 5 heteroatoms. The maximum Gasteiger partial charge on any atom is 0.120 e. The normalized spacial score (nSPS) is 12.6. The van der Waals surface area contributed by atoms with E-state index in [4.69, 9.17) is 8.53 Å². The van der Waals surface area contributed by atoms with Crippen molar-refractivity contribution in [1.29, 1.82) is 0 Å². The second-order valence-electron chi connectivity index (χ2n) is 9.58. The van der Waals surface area contributed by atoms with Gasteiger partial charge in [0.15, 0.2) is 0 Å². The van der Waals surface area contributed by atoms with Crippen LogP contribution in [0.2, 0.25) is 19.6 Å². The van der Waals surface area contributed by atoms with E-state index in [2.05, 4.69) is 53.9 Å². The maximum absolute atomic E-state index is 7.55. The molecular weight excluding hydrogens is 649 g/mol. The van der Waals surface area contributed by atoms with Crippen LogP contribution in [0.1, 0.15) is 9.68 Å². The second-order valence-corrected chi connectivity index (χ2v) is 14.7. The number of aromatic nitrogens is 2. The number of rotatable bonds is 3. The van der Waals surface area contributed by atoms with E-state index in [1.807, 2.05) is 66.9 Å².